The maximum atomic E-state index is 12.5. The van der Waals surface area contributed by atoms with Gasteiger partial charge in [-0.1, -0.05) is 30.0 Å². The summed E-state index contributed by atoms with van der Waals surface area (Å²) in [7, 11) is 1.88. The maximum absolute atomic E-state index is 12.5. The van der Waals surface area contributed by atoms with Gasteiger partial charge < -0.3 is 10.0 Å². The van der Waals surface area contributed by atoms with Crippen LogP contribution in [0.2, 0.25) is 0 Å². The number of amides is 1. The van der Waals surface area contributed by atoms with Crippen LogP contribution in [0, 0.1) is 29.6 Å². The second-order valence-electron chi connectivity index (χ2n) is 6.24. The highest BCUT2D eigenvalue weighted by molar-refractivity contribution is 5.79. The van der Waals surface area contributed by atoms with Gasteiger partial charge in [-0.05, 0) is 42.7 Å². The van der Waals surface area contributed by atoms with E-state index >= 15 is 0 Å². The third-order valence-electron chi connectivity index (χ3n) is 4.70. The van der Waals surface area contributed by atoms with E-state index in [9.17, 15) is 4.79 Å². The van der Waals surface area contributed by atoms with Crippen LogP contribution in [0.4, 0.5) is 0 Å². The smallest absolute Gasteiger partial charge is 0.225 e. The van der Waals surface area contributed by atoms with E-state index in [0.717, 1.165) is 35.8 Å². The molecule has 2 fully saturated rings. The van der Waals surface area contributed by atoms with Gasteiger partial charge in [0, 0.05) is 25.1 Å². The lowest BCUT2D eigenvalue weighted by Crippen LogP contribution is -2.32. The fourth-order valence-electron chi connectivity index (χ4n) is 3.48. The van der Waals surface area contributed by atoms with Gasteiger partial charge in [0.25, 0.3) is 0 Å². The molecule has 3 rings (SSSR count). The summed E-state index contributed by atoms with van der Waals surface area (Å²) in [5, 5.41) is 8.82. The zero-order valence-corrected chi connectivity index (χ0v) is 12.4. The Morgan fingerprint density at radius 3 is 2.71 bits per heavy atom. The van der Waals surface area contributed by atoms with Gasteiger partial charge >= 0.3 is 0 Å². The number of benzene rings is 1. The number of nitrogens with zero attached hydrogens (tertiary/aromatic N) is 1. The van der Waals surface area contributed by atoms with Gasteiger partial charge in [0.1, 0.15) is 6.61 Å². The molecule has 3 heteroatoms. The summed E-state index contributed by atoms with van der Waals surface area (Å²) < 4.78 is 0. The predicted molar refractivity (Wildman–Crippen MR) is 81.2 cm³/mol. The molecule has 0 radical (unpaired) electrons. The topological polar surface area (TPSA) is 40.5 Å². The van der Waals surface area contributed by atoms with Gasteiger partial charge in [0.05, 0.1) is 0 Å². The zero-order valence-electron chi connectivity index (χ0n) is 12.4. The van der Waals surface area contributed by atoms with Crippen molar-refractivity contribution in [1.82, 2.24) is 4.90 Å². The van der Waals surface area contributed by atoms with E-state index in [4.69, 9.17) is 5.11 Å². The first-order chi connectivity index (χ1) is 10.2. The highest BCUT2D eigenvalue weighted by atomic mass is 16.2. The lowest BCUT2D eigenvalue weighted by molar-refractivity contribution is -0.134. The lowest BCUT2D eigenvalue weighted by Gasteiger charge is -2.22. The Kier molecular flexibility index (Phi) is 3.98. The first kappa shape index (κ1) is 14.2. The quantitative estimate of drug-likeness (QED) is 0.862. The summed E-state index contributed by atoms with van der Waals surface area (Å²) >= 11 is 0. The van der Waals surface area contributed by atoms with Crippen molar-refractivity contribution < 1.29 is 9.90 Å². The third-order valence-corrected chi connectivity index (χ3v) is 4.70. The molecule has 1 amide bonds. The Morgan fingerprint density at radius 2 is 2.00 bits per heavy atom. The summed E-state index contributed by atoms with van der Waals surface area (Å²) in [6.07, 6.45) is 3.51. The Labute approximate surface area is 126 Å². The molecule has 1 aromatic rings. The predicted octanol–water partition coefficient (Wildman–Crippen LogP) is 2.03. The van der Waals surface area contributed by atoms with Crippen molar-refractivity contribution in [2.75, 3.05) is 13.7 Å². The van der Waals surface area contributed by atoms with E-state index in [1.807, 2.05) is 36.2 Å². The van der Waals surface area contributed by atoms with Gasteiger partial charge in [-0.15, -0.1) is 0 Å². The first-order valence-electron chi connectivity index (χ1n) is 7.61. The van der Waals surface area contributed by atoms with Crippen LogP contribution in [0.5, 0.6) is 0 Å². The van der Waals surface area contributed by atoms with Crippen molar-refractivity contribution in [1.29, 1.82) is 0 Å². The molecular formula is C18H21NO2. The molecule has 2 aliphatic rings. The van der Waals surface area contributed by atoms with Crippen molar-refractivity contribution in [3.05, 3.63) is 35.4 Å². The fourth-order valence-corrected chi connectivity index (χ4v) is 3.48. The van der Waals surface area contributed by atoms with Crippen LogP contribution >= 0.6 is 0 Å². The number of hydrogen-bond donors (Lipinski definition) is 1. The van der Waals surface area contributed by atoms with E-state index < -0.39 is 0 Å². The average Bonchev–Trinajstić information content (AvgIpc) is 3.11. The highest BCUT2D eigenvalue weighted by Gasteiger charge is 2.48. The van der Waals surface area contributed by atoms with Gasteiger partial charge in [-0.25, -0.2) is 0 Å². The third kappa shape index (κ3) is 3.11. The molecule has 0 spiro atoms. The van der Waals surface area contributed by atoms with Crippen LogP contribution in [0.25, 0.3) is 0 Å². The molecule has 3 nitrogen and oxygen atoms in total. The molecule has 2 aliphatic carbocycles. The van der Waals surface area contributed by atoms with Crippen molar-refractivity contribution in [3.8, 4) is 11.8 Å². The van der Waals surface area contributed by atoms with Crippen LogP contribution in [-0.4, -0.2) is 29.6 Å². The normalized spacial score (nSPS) is 25.7. The Balaban J connectivity index is 1.66. The number of carbonyl (C=O) groups is 1. The molecule has 2 saturated carbocycles. The molecule has 2 unspecified atom stereocenters. The molecule has 21 heavy (non-hydrogen) atoms. The number of fused-ring (bicyclic) bond motifs is 1. The summed E-state index contributed by atoms with van der Waals surface area (Å²) in [6.45, 7) is 0.439. The largest absolute Gasteiger partial charge is 0.384 e. The second-order valence-corrected chi connectivity index (χ2v) is 6.24. The number of rotatable bonds is 3. The molecule has 2 atom stereocenters. The fraction of sp³-hybridized carbons (Fsp3) is 0.500. The molecule has 0 aromatic heterocycles. The summed E-state index contributed by atoms with van der Waals surface area (Å²) in [5.41, 5.74) is 1.93. The van der Waals surface area contributed by atoms with Gasteiger partial charge in [-0.3, -0.25) is 4.79 Å². The molecule has 0 bridgehead atoms. The number of carbonyl (C=O) groups excluding carboxylic acids is 1. The van der Waals surface area contributed by atoms with E-state index in [2.05, 4.69) is 11.8 Å². The number of hydrogen-bond acceptors (Lipinski definition) is 2. The van der Waals surface area contributed by atoms with E-state index in [0.29, 0.717) is 6.54 Å². The standard InChI is InChI=1S/C18H21NO2/c1-19(18(21)17-10-15-9-16(15)11-17)12-14-6-3-2-5-13(14)7-4-8-20/h2-3,5-6,15-17,20H,8-12H2,1H3. The van der Waals surface area contributed by atoms with Crippen LogP contribution in [0.3, 0.4) is 0 Å². The molecule has 0 heterocycles. The first-order valence-corrected chi connectivity index (χ1v) is 7.61. The van der Waals surface area contributed by atoms with Crippen LogP contribution in [0.1, 0.15) is 30.4 Å². The van der Waals surface area contributed by atoms with Gasteiger partial charge in [-0.2, -0.15) is 0 Å². The molecular weight excluding hydrogens is 262 g/mol. The molecule has 0 saturated heterocycles. The molecule has 1 aromatic carbocycles. The monoisotopic (exact) mass is 283 g/mol. The summed E-state index contributed by atoms with van der Waals surface area (Å²) in [4.78, 5) is 14.3. The van der Waals surface area contributed by atoms with Crippen molar-refractivity contribution in [2.24, 2.45) is 17.8 Å². The number of aliphatic hydroxyl groups is 1. The molecule has 1 N–H and O–H groups in total. The maximum Gasteiger partial charge on any atom is 0.225 e. The van der Waals surface area contributed by atoms with Crippen LogP contribution < -0.4 is 0 Å². The van der Waals surface area contributed by atoms with Crippen LogP contribution in [-0.2, 0) is 11.3 Å². The Bertz CT molecular complexity index is 589. The van der Waals surface area contributed by atoms with E-state index in [1.54, 1.807) is 0 Å². The number of aliphatic hydroxyl groups excluding tert-OH is 1. The summed E-state index contributed by atoms with van der Waals surface area (Å²) in [6, 6.07) is 7.82. The van der Waals surface area contributed by atoms with Crippen LogP contribution in [0.15, 0.2) is 24.3 Å². The SMILES string of the molecule is CN(Cc1ccccc1C#CCO)C(=O)C1CC2CC2C1. The lowest BCUT2D eigenvalue weighted by atomic mass is 10.0. The molecule has 110 valence electrons. The minimum absolute atomic E-state index is 0.145. The van der Waals surface area contributed by atoms with Crippen molar-refractivity contribution in [2.45, 2.75) is 25.8 Å². The van der Waals surface area contributed by atoms with E-state index in [-0.39, 0.29) is 18.4 Å². The zero-order chi connectivity index (χ0) is 14.8. The van der Waals surface area contributed by atoms with Gasteiger partial charge in [0.2, 0.25) is 5.91 Å². The van der Waals surface area contributed by atoms with Gasteiger partial charge in [0.15, 0.2) is 0 Å². The second kappa shape index (κ2) is 5.91. The average molecular weight is 283 g/mol. The molecule has 0 aliphatic heterocycles. The highest BCUT2D eigenvalue weighted by Crippen LogP contribution is 2.54. The van der Waals surface area contributed by atoms with Crippen molar-refractivity contribution in [3.63, 3.8) is 0 Å². The summed E-state index contributed by atoms with van der Waals surface area (Å²) in [5.74, 6) is 7.79. The van der Waals surface area contributed by atoms with E-state index in [1.165, 1.54) is 6.42 Å². The Morgan fingerprint density at radius 1 is 1.29 bits per heavy atom. The Hall–Kier alpha value is -1.79. The van der Waals surface area contributed by atoms with Crippen molar-refractivity contribution >= 4 is 5.91 Å². The minimum atomic E-state index is -0.145. The minimum Gasteiger partial charge on any atom is -0.384 e.